The summed E-state index contributed by atoms with van der Waals surface area (Å²) in [6.07, 6.45) is 0.0984. The number of likely N-dealkylation sites (N-methyl/N-ethyl adjacent to an activating group) is 1. The average molecular weight is 363 g/mol. The summed E-state index contributed by atoms with van der Waals surface area (Å²) in [4.78, 5) is 26.2. The van der Waals surface area contributed by atoms with Crippen LogP contribution in [-0.4, -0.2) is 55.3 Å². The van der Waals surface area contributed by atoms with E-state index in [4.69, 9.17) is 14.2 Å². The molecule has 1 aromatic rings. The Labute approximate surface area is 155 Å². The Balaban J connectivity index is 1.73. The molecule has 2 rings (SSSR count). The lowest BCUT2D eigenvalue weighted by Gasteiger charge is -2.19. The van der Waals surface area contributed by atoms with Crippen molar-refractivity contribution >= 4 is 11.7 Å². The minimum absolute atomic E-state index is 0.0983. The van der Waals surface area contributed by atoms with E-state index >= 15 is 0 Å². The van der Waals surface area contributed by atoms with Crippen LogP contribution < -0.4 is 0 Å². The average Bonchev–Trinajstić information content (AvgIpc) is 2.93. The fourth-order valence-electron chi connectivity index (χ4n) is 2.84. The molecule has 6 heteroatoms. The molecule has 0 saturated carbocycles. The van der Waals surface area contributed by atoms with E-state index in [0.29, 0.717) is 26.1 Å². The van der Waals surface area contributed by atoms with Gasteiger partial charge in [-0.25, -0.2) is 0 Å². The fourth-order valence-corrected chi connectivity index (χ4v) is 2.84. The molecule has 1 heterocycles. The third kappa shape index (κ3) is 5.90. The molecule has 0 N–H and O–H groups in total. The standard InChI is InChI=1S/C20H29NO5/c1-20(2)25-17(18(26-20)19(23)21(3)4)16(22)12-8-9-13-24-14-15-10-6-5-7-11-15/h5-7,10-11,17-18H,8-9,12-14H2,1-4H3/t17-,18+/m0/s1. The van der Waals surface area contributed by atoms with Crippen LogP contribution in [0.2, 0.25) is 0 Å². The first-order valence-electron chi connectivity index (χ1n) is 9.01. The quantitative estimate of drug-likeness (QED) is 0.631. The van der Waals surface area contributed by atoms with E-state index < -0.39 is 18.0 Å². The molecule has 0 radical (unpaired) electrons. The molecular weight excluding hydrogens is 334 g/mol. The zero-order valence-corrected chi connectivity index (χ0v) is 16.1. The van der Waals surface area contributed by atoms with E-state index in [1.165, 1.54) is 4.90 Å². The van der Waals surface area contributed by atoms with Crippen molar-refractivity contribution in [3.8, 4) is 0 Å². The summed E-state index contributed by atoms with van der Waals surface area (Å²) in [5.41, 5.74) is 1.13. The van der Waals surface area contributed by atoms with E-state index in [0.717, 1.165) is 12.0 Å². The monoisotopic (exact) mass is 363 g/mol. The van der Waals surface area contributed by atoms with Gasteiger partial charge in [-0.15, -0.1) is 0 Å². The topological polar surface area (TPSA) is 65.1 Å². The van der Waals surface area contributed by atoms with Gasteiger partial charge in [-0.3, -0.25) is 9.59 Å². The van der Waals surface area contributed by atoms with Gasteiger partial charge in [0.15, 0.2) is 23.8 Å². The third-order valence-electron chi connectivity index (χ3n) is 4.17. The molecule has 1 amide bonds. The Bertz CT molecular complexity index is 599. The first-order chi connectivity index (χ1) is 12.3. The maximum absolute atomic E-state index is 12.5. The summed E-state index contributed by atoms with van der Waals surface area (Å²) in [5, 5.41) is 0. The molecule has 1 saturated heterocycles. The SMILES string of the molecule is CN(C)C(=O)[C@@H]1OC(C)(C)O[C@H]1C(=O)CCCCOCc1ccccc1. The molecule has 0 bridgehead atoms. The van der Waals surface area contributed by atoms with E-state index in [2.05, 4.69) is 0 Å². The Morgan fingerprint density at radius 3 is 2.38 bits per heavy atom. The molecule has 1 aromatic carbocycles. The number of carbonyl (C=O) groups excluding carboxylic acids is 2. The maximum atomic E-state index is 12.5. The zero-order valence-electron chi connectivity index (χ0n) is 16.1. The highest BCUT2D eigenvalue weighted by Gasteiger charge is 2.48. The molecule has 0 aromatic heterocycles. The van der Waals surface area contributed by atoms with Crippen LogP contribution in [0.4, 0.5) is 0 Å². The van der Waals surface area contributed by atoms with Gasteiger partial charge < -0.3 is 19.1 Å². The number of Topliss-reactive ketones (excluding diaryl/α,β-unsaturated/α-hetero) is 1. The van der Waals surface area contributed by atoms with Crippen LogP contribution in [0.1, 0.15) is 38.7 Å². The van der Waals surface area contributed by atoms with E-state index in [-0.39, 0.29) is 11.7 Å². The predicted octanol–water partition coefficient (Wildman–Crippen LogP) is 2.55. The lowest BCUT2D eigenvalue weighted by molar-refractivity contribution is -0.161. The maximum Gasteiger partial charge on any atom is 0.254 e. The Hall–Kier alpha value is -1.76. The molecule has 26 heavy (non-hydrogen) atoms. The second-order valence-corrected chi connectivity index (χ2v) is 7.17. The molecule has 0 unspecified atom stereocenters. The zero-order chi connectivity index (χ0) is 19.2. The molecule has 1 fully saturated rings. The predicted molar refractivity (Wildman–Crippen MR) is 97.5 cm³/mol. The first-order valence-corrected chi connectivity index (χ1v) is 9.01. The molecular formula is C20H29NO5. The lowest BCUT2D eigenvalue weighted by atomic mass is 10.0. The second kappa shape index (κ2) is 9.26. The van der Waals surface area contributed by atoms with Crippen LogP contribution in [-0.2, 0) is 30.4 Å². The summed E-state index contributed by atoms with van der Waals surface area (Å²) in [5.74, 6) is -1.28. The Kier molecular flexibility index (Phi) is 7.32. The lowest BCUT2D eigenvalue weighted by Crippen LogP contribution is -2.43. The summed E-state index contributed by atoms with van der Waals surface area (Å²) in [6.45, 7) is 4.60. The Morgan fingerprint density at radius 2 is 1.73 bits per heavy atom. The number of unbranched alkanes of at least 4 members (excludes halogenated alkanes) is 1. The summed E-state index contributed by atoms with van der Waals surface area (Å²) in [6, 6.07) is 9.97. The van der Waals surface area contributed by atoms with Crippen LogP contribution in [0.25, 0.3) is 0 Å². The number of hydrogen-bond acceptors (Lipinski definition) is 5. The molecule has 2 atom stereocenters. The smallest absolute Gasteiger partial charge is 0.254 e. The molecule has 1 aliphatic rings. The van der Waals surface area contributed by atoms with Crippen molar-refractivity contribution in [1.29, 1.82) is 0 Å². The minimum atomic E-state index is -0.935. The van der Waals surface area contributed by atoms with Gasteiger partial charge in [-0.05, 0) is 32.3 Å². The minimum Gasteiger partial charge on any atom is -0.377 e. The van der Waals surface area contributed by atoms with Gasteiger partial charge in [-0.2, -0.15) is 0 Å². The van der Waals surface area contributed by atoms with Crippen molar-refractivity contribution in [2.24, 2.45) is 0 Å². The fraction of sp³-hybridized carbons (Fsp3) is 0.600. The van der Waals surface area contributed by atoms with E-state index in [1.807, 2.05) is 30.3 Å². The van der Waals surface area contributed by atoms with Crippen molar-refractivity contribution < 1.29 is 23.8 Å². The number of ether oxygens (including phenoxy) is 3. The van der Waals surface area contributed by atoms with Crippen molar-refractivity contribution in [3.63, 3.8) is 0 Å². The highest BCUT2D eigenvalue weighted by atomic mass is 16.8. The van der Waals surface area contributed by atoms with Crippen LogP contribution in [0.15, 0.2) is 30.3 Å². The van der Waals surface area contributed by atoms with Crippen molar-refractivity contribution in [2.45, 2.75) is 57.7 Å². The van der Waals surface area contributed by atoms with E-state index in [9.17, 15) is 9.59 Å². The normalized spacial score (nSPS) is 21.5. The van der Waals surface area contributed by atoms with Crippen LogP contribution in [0, 0.1) is 0 Å². The van der Waals surface area contributed by atoms with Gasteiger partial charge >= 0.3 is 0 Å². The number of benzene rings is 1. The molecule has 0 spiro atoms. The number of nitrogens with zero attached hydrogens (tertiary/aromatic N) is 1. The van der Waals surface area contributed by atoms with Gasteiger partial charge in [0.2, 0.25) is 0 Å². The largest absolute Gasteiger partial charge is 0.377 e. The third-order valence-corrected chi connectivity index (χ3v) is 4.17. The first kappa shape index (κ1) is 20.6. The summed E-state index contributed by atoms with van der Waals surface area (Å²) >= 11 is 0. The van der Waals surface area contributed by atoms with Crippen molar-refractivity contribution in [2.75, 3.05) is 20.7 Å². The van der Waals surface area contributed by atoms with Crippen molar-refractivity contribution in [3.05, 3.63) is 35.9 Å². The second-order valence-electron chi connectivity index (χ2n) is 7.17. The van der Waals surface area contributed by atoms with Crippen LogP contribution >= 0.6 is 0 Å². The summed E-state index contributed by atoms with van der Waals surface area (Å²) in [7, 11) is 3.28. The molecule has 1 aliphatic heterocycles. The Morgan fingerprint density at radius 1 is 1.08 bits per heavy atom. The molecule has 0 aliphatic carbocycles. The van der Waals surface area contributed by atoms with Gasteiger partial charge in [0.25, 0.3) is 5.91 Å². The number of amides is 1. The van der Waals surface area contributed by atoms with Gasteiger partial charge in [0.1, 0.15) is 0 Å². The number of ketones is 1. The molecule has 6 nitrogen and oxygen atoms in total. The summed E-state index contributed by atoms with van der Waals surface area (Å²) < 4.78 is 16.9. The highest BCUT2D eigenvalue weighted by molar-refractivity contribution is 5.92. The highest BCUT2D eigenvalue weighted by Crippen LogP contribution is 2.30. The van der Waals surface area contributed by atoms with Crippen LogP contribution in [0.3, 0.4) is 0 Å². The number of carbonyl (C=O) groups is 2. The number of rotatable bonds is 9. The van der Waals surface area contributed by atoms with Gasteiger partial charge in [0, 0.05) is 27.1 Å². The molecule has 144 valence electrons. The van der Waals surface area contributed by atoms with E-state index in [1.54, 1.807) is 27.9 Å². The van der Waals surface area contributed by atoms with Crippen molar-refractivity contribution in [1.82, 2.24) is 4.90 Å². The van der Waals surface area contributed by atoms with Crippen LogP contribution in [0.5, 0.6) is 0 Å². The van der Waals surface area contributed by atoms with Gasteiger partial charge in [-0.1, -0.05) is 30.3 Å². The number of hydrogen-bond donors (Lipinski definition) is 0. The van der Waals surface area contributed by atoms with Gasteiger partial charge in [0.05, 0.1) is 6.61 Å².